The van der Waals surface area contributed by atoms with Gasteiger partial charge in [0.25, 0.3) is 0 Å². The van der Waals surface area contributed by atoms with Crippen molar-refractivity contribution in [3.63, 3.8) is 0 Å². The summed E-state index contributed by atoms with van der Waals surface area (Å²) in [5.41, 5.74) is -0.608. The molecule has 0 spiro atoms. The van der Waals surface area contributed by atoms with E-state index in [-0.39, 0.29) is 24.9 Å². The molecule has 2 rings (SSSR count). The predicted molar refractivity (Wildman–Crippen MR) is 94.1 cm³/mol. The lowest BCUT2D eigenvalue weighted by molar-refractivity contribution is -0.274. The Morgan fingerprint density at radius 2 is 1.79 bits per heavy atom. The van der Waals surface area contributed by atoms with E-state index in [9.17, 15) is 28.0 Å². The fourth-order valence-corrected chi connectivity index (χ4v) is 2.70. The summed E-state index contributed by atoms with van der Waals surface area (Å²) in [6, 6.07) is 6.85. The van der Waals surface area contributed by atoms with Gasteiger partial charge in [-0.25, -0.2) is 0 Å². The Morgan fingerprint density at radius 3 is 2.29 bits per heavy atom. The van der Waals surface area contributed by atoms with Gasteiger partial charge in [-0.05, 0) is 57.0 Å². The lowest BCUT2D eigenvalue weighted by Crippen LogP contribution is -2.50. The van der Waals surface area contributed by atoms with Crippen LogP contribution in [-0.2, 0) is 9.59 Å². The van der Waals surface area contributed by atoms with Crippen molar-refractivity contribution < 1.29 is 27.5 Å². The number of rotatable bonds is 8. The molecule has 1 fully saturated rings. The van der Waals surface area contributed by atoms with Gasteiger partial charge in [0.1, 0.15) is 11.3 Å². The van der Waals surface area contributed by atoms with Crippen molar-refractivity contribution in [3.8, 4) is 11.8 Å². The number of halogens is 3. The molecule has 0 unspecified atom stereocenters. The van der Waals surface area contributed by atoms with Gasteiger partial charge in [-0.2, -0.15) is 5.26 Å². The predicted octanol–water partition coefficient (Wildman–Crippen LogP) is 2.26. The molecule has 0 aromatic heterocycles. The Labute approximate surface area is 160 Å². The van der Waals surface area contributed by atoms with Gasteiger partial charge in [-0.1, -0.05) is 0 Å². The summed E-state index contributed by atoms with van der Waals surface area (Å²) in [6.45, 7) is 1.50. The highest BCUT2D eigenvalue weighted by atomic mass is 19.4. The van der Waals surface area contributed by atoms with Crippen molar-refractivity contribution in [1.29, 1.82) is 5.26 Å². The molecule has 0 radical (unpaired) electrons. The van der Waals surface area contributed by atoms with Crippen LogP contribution in [0.1, 0.15) is 19.8 Å². The van der Waals surface area contributed by atoms with E-state index in [0.29, 0.717) is 5.69 Å². The van der Waals surface area contributed by atoms with Crippen molar-refractivity contribution in [3.05, 3.63) is 24.3 Å². The molecule has 1 aromatic carbocycles. The zero-order valence-electron chi connectivity index (χ0n) is 15.5. The van der Waals surface area contributed by atoms with E-state index in [1.54, 1.807) is 14.0 Å². The third kappa shape index (κ3) is 6.74. The molecule has 0 aliphatic heterocycles. The van der Waals surface area contributed by atoms with Crippen LogP contribution in [0.25, 0.3) is 0 Å². The van der Waals surface area contributed by atoms with Crippen LogP contribution in [-0.4, -0.2) is 48.8 Å². The number of alkyl halides is 3. The number of likely N-dealkylation sites (N-methyl/N-ethyl adjacent to an activating group) is 1. The minimum absolute atomic E-state index is 0.0736. The maximum atomic E-state index is 12.1. The zero-order chi connectivity index (χ0) is 20.9. The van der Waals surface area contributed by atoms with E-state index >= 15 is 0 Å². The molecule has 1 atom stereocenters. The Morgan fingerprint density at radius 1 is 1.21 bits per heavy atom. The molecule has 2 N–H and O–H groups in total. The van der Waals surface area contributed by atoms with Gasteiger partial charge in [-0.15, -0.1) is 13.2 Å². The quantitative estimate of drug-likeness (QED) is 0.701. The third-order valence-corrected chi connectivity index (χ3v) is 4.22. The van der Waals surface area contributed by atoms with Crippen LogP contribution in [0.5, 0.6) is 5.75 Å². The molecule has 0 bridgehead atoms. The fourth-order valence-electron chi connectivity index (χ4n) is 2.70. The molecule has 28 heavy (non-hydrogen) atoms. The monoisotopic (exact) mass is 398 g/mol. The van der Waals surface area contributed by atoms with Gasteiger partial charge < -0.3 is 15.4 Å². The van der Waals surface area contributed by atoms with Crippen LogP contribution in [0.2, 0.25) is 0 Å². The summed E-state index contributed by atoms with van der Waals surface area (Å²) in [5, 5.41) is 14.5. The normalized spacial score (nSPS) is 16.0. The van der Waals surface area contributed by atoms with Crippen LogP contribution < -0.4 is 15.4 Å². The molecule has 1 aliphatic carbocycles. The minimum atomic E-state index is -4.78. The summed E-state index contributed by atoms with van der Waals surface area (Å²) in [4.78, 5) is 25.6. The molecular weight excluding hydrogens is 377 g/mol. The highest BCUT2D eigenvalue weighted by Crippen LogP contribution is 2.39. The topological polar surface area (TPSA) is 94.5 Å². The van der Waals surface area contributed by atoms with Gasteiger partial charge in [0, 0.05) is 5.69 Å². The summed E-state index contributed by atoms with van der Waals surface area (Å²) in [7, 11) is 1.57. The first-order chi connectivity index (χ1) is 13.0. The maximum absolute atomic E-state index is 12.1. The number of carbonyl (C=O) groups is 2. The average Bonchev–Trinajstić information content (AvgIpc) is 3.40. The molecule has 1 aromatic rings. The second-order valence-electron chi connectivity index (χ2n) is 6.93. The van der Waals surface area contributed by atoms with Crippen LogP contribution in [0.3, 0.4) is 0 Å². The number of benzene rings is 1. The highest BCUT2D eigenvalue weighted by Gasteiger charge is 2.43. The van der Waals surface area contributed by atoms with E-state index in [2.05, 4.69) is 21.4 Å². The van der Waals surface area contributed by atoms with E-state index < -0.39 is 23.6 Å². The fraction of sp³-hybridized carbons (Fsp3) is 0.500. The van der Waals surface area contributed by atoms with E-state index in [4.69, 9.17) is 0 Å². The Bertz CT molecular complexity index is 757. The van der Waals surface area contributed by atoms with E-state index in [0.717, 1.165) is 25.0 Å². The summed E-state index contributed by atoms with van der Waals surface area (Å²) in [6.07, 6.45) is -2.99. The molecule has 0 saturated heterocycles. The van der Waals surface area contributed by atoms with Gasteiger partial charge in [0.15, 0.2) is 0 Å². The van der Waals surface area contributed by atoms with Gasteiger partial charge in [-0.3, -0.25) is 14.5 Å². The van der Waals surface area contributed by atoms with Gasteiger partial charge in [0.2, 0.25) is 11.8 Å². The first-order valence-electron chi connectivity index (χ1n) is 8.57. The molecule has 2 amide bonds. The lowest BCUT2D eigenvalue weighted by atomic mass is 9.98. The molecular formula is C18H21F3N4O3. The molecule has 152 valence electrons. The SMILES string of the molecule is CN(CC(=O)Nc1ccc(OC(F)(F)F)cc1)CC(=O)N[C@](C)(C#N)C1CC1. The summed E-state index contributed by atoms with van der Waals surface area (Å²) in [5.74, 6) is -1.04. The maximum Gasteiger partial charge on any atom is 0.573 e. The van der Waals surface area contributed by atoms with Crippen molar-refractivity contribution in [2.75, 3.05) is 25.5 Å². The minimum Gasteiger partial charge on any atom is -0.406 e. The van der Waals surface area contributed by atoms with Crippen LogP contribution in [0.4, 0.5) is 18.9 Å². The van der Waals surface area contributed by atoms with E-state index in [1.165, 1.54) is 17.0 Å². The number of ether oxygens (including phenoxy) is 1. The molecule has 10 heteroatoms. The average molecular weight is 398 g/mol. The Kier molecular flexibility index (Phi) is 6.51. The second kappa shape index (κ2) is 8.48. The number of hydrogen-bond acceptors (Lipinski definition) is 5. The smallest absolute Gasteiger partial charge is 0.406 e. The number of anilines is 1. The number of amides is 2. The van der Waals surface area contributed by atoms with Crippen LogP contribution >= 0.6 is 0 Å². The highest BCUT2D eigenvalue weighted by molar-refractivity contribution is 5.92. The standard InChI is InChI=1S/C18H21F3N4O3/c1-17(11-22,12-3-4-12)24-16(27)10-25(2)9-15(26)23-13-5-7-14(8-6-13)28-18(19,20)21/h5-8,12H,3-4,9-10H2,1-2H3,(H,23,26)(H,24,27)/t17-/m1/s1. The van der Waals surface area contributed by atoms with Crippen molar-refractivity contribution in [2.24, 2.45) is 5.92 Å². The van der Waals surface area contributed by atoms with Crippen molar-refractivity contribution in [1.82, 2.24) is 10.2 Å². The number of nitrogens with one attached hydrogen (secondary N) is 2. The molecule has 1 saturated carbocycles. The summed E-state index contributed by atoms with van der Waals surface area (Å²) < 4.78 is 40.1. The molecule has 0 heterocycles. The Balaban J connectivity index is 1.79. The molecule has 7 nitrogen and oxygen atoms in total. The van der Waals surface area contributed by atoms with E-state index in [1.807, 2.05) is 0 Å². The number of carbonyl (C=O) groups excluding carboxylic acids is 2. The Hall–Kier alpha value is -2.80. The van der Waals surface area contributed by atoms with Crippen molar-refractivity contribution >= 4 is 17.5 Å². The third-order valence-electron chi connectivity index (χ3n) is 4.22. The lowest BCUT2D eigenvalue weighted by Gasteiger charge is -2.24. The van der Waals surface area contributed by atoms with Gasteiger partial charge >= 0.3 is 6.36 Å². The first kappa shape index (κ1) is 21.5. The zero-order valence-corrected chi connectivity index (χ0v) is 15.5. The van der Waals surface area contributed by atoms with Crippen molar-refractivity contribution in [2.45, 2.75) is 31.7 Å². The second-order valence-corrected chi connectivity index (χ2v) is 6.93. The van der Waals surface area contributed by atoms with Crippen LogP contribution in [0.15, 0.2) is 24.3 Å². The van der Waals surface area contributed by atoms with Crippen LogP contribution in [0, 0.1) is 17.2 Å². The largest absolute Gasteiger partial charge is 0.573 e. The summed E-state index contributed by atoms with van der Waals surface area (Å²) >= 11 is 0. The number of hydrogen-bond donors (Lipinski definition) is 2. The number of nitriles is 1. The number of nitrogens with zero attached hydrogens (tertiary/aromatic N) is 2. The van der Waals surface area contributed by atoms with Gasteiger partial charge in [0.05, 0.1) is 19.2 Å². The molecule has 1 aliphatic rings. The first-order valence-corrected chi connectivity index (χ1v) is 8.57.